The van der Waals surface area contributed by atoms with Crippen molar-refractivity contribution < 1.29 is 4.39 Å². The monoisotopic (exact) mass is 394 g/mol. The van der Waals surface area contributed by atoms with E-state index in [0.717, 1.165) is 45.6 Å². The van der Waals surface area contributed by atoms with Crippen LogP contribution in [0.3, 0.4) is 0 Å². The van der Waals surface area contributed by atoms with Crippen LogP contribution in [0.15, 0.2) is 34.0 Å². The summed E-state index contributed by atoms with van der Waals surface area (Å²) in [6, 6.07) is 4.80. The minimum Gasteiger partial charge on any atom is -0.367 e. The van der Waals surface area contributed by atoms with Gasteiger partial charge in [-0.15, -0.1) is 0 Å². The van der Waals surface area contributed by atoms with E-state index in [-0.39, 0.29) is 17.1 Å². The highest BCUT2D eigenvalue weighted by Crippen LogP contribution is 2.23. The number of aryl methyl sites for hydroxylation is 2. The molecule has 0 radical (unpaired) electrons. The molecule has 0 atom stereocenters. The molecule has 0 aliphatic carbocycles. The molecule has 1 aliphatic rings. The predicted octanol–water partition coefficient (Wildman–Crippen LogP) is 2.24. The highest BCUT2D eigenvalue weighted by Gasteiger charge is 2.19. The van der Waals surface area contributed by atoms with Gasteiger partial charge in [-0.2, -0.15) is 0 Å². The Balaban J connectivity index is 1.43. The van der Waals surface area contributed by atoms with Crippen molar-refractivity contribution in [2.24, 2.45) is 0 Å². The second kappa shape index (κ2) is 8.71. The van der Waals surface area contributed by atoms with Crippen LogP contribution < -0.4 is 16.1 Å². The van der Waals surface area contributed by atoms with Gasteiger partial charge in [-0.3, -0.25) is 14.7 Å². The van der Waals surface area contributed by atoms with Crippen molar-refractivity contribution in [3.63, 3.8) is 0 Å². The molecular formula is C19H24ClFN4O2. The van der Waals surface area contributed by atoms with Crippen molar-refractivity contribution in [3.8, 4) is 0 Å². The third kappa shape index (κ3) is 4.99. The number of hydrogen-bond acceptors (Lipinski definition) is 4. The summed E-state index contributed by atoms with van der Waals surface area (Å²) in [5.74, 6) is -0.280. The number of nitrogens with one attached hydrogen (secondary N) is 1. The van der Waals surface area contributed by atoms with Gasteiger partial charge in [0.2, 0.25) is 0 Å². The lowest BCUT2D eigenvalue weighted by Gasteiger charge is -2.36. The molecule has 1 fully saturated rings. The minimum atomic E-state index is -0.357. The van der Waals surface area contributed by atoms with E-state index in [0.29, 0.717) is 22.8 Å². The van der Waals surface area contributed by atoms with Gasteiger partial charge in [0.1, 0.15) is 5.82 Å². The van der Waals surface area contributed by atoms with E-state index < -0.39 is 0 Å². The number of hydrogen-bond donors (Lipinski definition) is 1. The van der Waals surface area contributed by atoms with Gasteiger partial charge in [0.05, 0.1) is 5.69 Å². The Hall–Kier alpha value is -2.12. The van der Waals surface area contributed by atoms with E-state index in [1.165, 1.54) is 6.07 Å². The van der Waals surface area contributed by atoms with Crippen LogP contribution in [0.25, 0.3) is 0 Å². The van der Waals surface area contributed by atoms with Crippen molar-refractivity contribution in [1.29, 1.82) is 0 Å². The van der Waals surface area contributed by atoms with Crippen LogP contribution in [0.1, 0.15) is 18.4 Å². The summed E-state index contributed by atoms with van der Waals surface area (Å²) in [5, 5.41) is 0.409. The number of piperazine rings is 1. The molecule has 8 heteroatoms. The van der Waals surface area contributed by atoms with Gasteiger partial charge < -0.3 is 9.47 Å². The van der Waals surface area contributed by atoms with E-state index in [1.54, 1.807) is 29.8 Å². The quantitative estimate of drug-likeness (QED) is 0.763. The number of nitrogens with zero attached hydrogens (tertiary/aromatic N) is 3. The van der Waals surface area contributed by atoms with Crippen LogP contribution in [0.4, 0.5) is 10.1 Å². The first-order valence-corrected chi connectivity index (χ1v) is 9.54. The molecule has 1 saturated heterocycles. The van der Waals surface area contributed by atoms with Crippen LogP contribution in [0.2, 0.25) is 5.02 Å². The van der Waals surface area contributed by atoms with E-state index in [1.807, 2.05) is 4.90 Å². The van der Waals surface area contributed by atoms with E-state index in [4.69, 9.17) is 11.6 Å². The van der Waals surface area contributed by atoms with Gasteiger partial charge in [-0.05, 0) is 44.5 Å². The SMILES string of the molecule is Cc1cn(CCCCN2CCN(c3ccc(Cl)cc3F)CC2)c(=O)[nH]c1=O. The second-order valence-corrected chi connectivity index (χ2v) is 7.33. The highest BCUT2D eigenvalue weighted by molar-refractivity contribution is 6.30. The van der Waals surface area contributed by atoms with Crippen molar-refractivity contribution >= 4 is 17.3 Å². The van der Waals surface area contributed by atoms with Crippen LogP contribution in [-0.2, 0) is 6.54 Å². The Morgan fingerprint density at radius 1 is 1.11 bits per heavy atom. The Kier molecular flexibility index (Phi) is 6.34. The van der Waals surface area contributed by atoms with Gasteiger partial charge in [0.15, 0.2) is 0 Å². The number of aromatic nitrogens is 2. The number of aromatic amines is 1. The zero-order valence-corrected chi connectivity index (χ0v) is 16.1. The van der Waals surface area contributed by atoms with Crippen LogP contribution >= 0.6 is 11.6 Å². The van der Waals surface area contributed by atoms with Crippen LogP contribution in [0.5, 0.6) is 0 Å². The summed E-state index contributed by atoms with van der Waals surface area (Å²) < 4.78 is 15.6. The van der Waals surface area contributed by atoms with Gasteiger partial charge in [0.25, 0.3) is 5.56 Å². The second-order valence-electron chi connectivity index (χ2n) is 6.90. The first-order valence-electron chi connectivity index (χ1n) is 9.17. The molecule has 1 N–H and O–H groups in total. The average Bonchev–Trinajstić information content (AvgIpc) is 2.63. The first-order chi connectivity index (χ1) is 12.9. The number of halogens is 2. The molecule has 146 valence electrons. The molecule has 0 spiro atoms. The number of unbranched alkanes of at least 4 members (excludes halogenated alkanes) is 1. The largest absolute Gasteiger partial charge is 0.367 e. The summed E-state index contributed by atoms with van der Waals surface area (Å²) in [5.41, 5.74) is 0.461. The van der Waals surface area contributed by atoms with E-state index in [9.17, 15) is 14.0 Å². The zero-order valence-electron chi connectivity index (χ0n) is 15.4. The minimum absolute atomic E-state index is 0.280. The molecule has 0 bridgehead atoms. The summed E-state index contributed by atoms with van der Waals surface area (Å²) in [6.07, 6.45) is 3.43. The van der Waals surface area contributed by atoms with Crippen molar-refractivity contribution in [2.75, 3.05) is 37.6 Å². The summed E-state index contributed by atoms with van der Waals surface area (Å²) >= 11 is 5.81. The number of benzene rings is 1. The third-order valence-corrected chi connectivity index (χ3v) is 5.17. The molecule has 2 aromatic rings. The van der Waals surface area contributed by atoms with Gasteiger partial charge in [-0.1, -0.05) is 11.6 Å². The topological polar surface area (TPSA) is 61.3 Å². The average molecular weight is 395 g/mol. The maximum atomic E-state index is 14.0. The first kappa shape index (κ1) is 19.6. The fourth-order valence-electron chi connectivity index (χ4n) is 3.35. The molecular weight excluding hydrogens is 371 g/mol. The van der Waals surface area contributed by atoms with Crippen molar-refractivity contribution in [2.45, 2.75) is 26.3 Å². The van der Waals surface area contributed by atoms with E-state index in [2.05, 4.69) is 9.88 Å². The molecule has 6 nitrogen and oxygen atoms in total. The lowest BCUT2D eigenvalue weighted by molar-refractivity contribution is 0.250. The maximum absolute atomic E-state index is 14.0. The predicted molar refractivity (Wildman–Crippen MR) is 105 cm³/mol. The fraction of sp³-hybridized carbons (Fsp3) is 0.474. The van der Waals surface area contributed by atoms with Gasteiger partial charge in [0, 0.05) is 49.5 Å². The Morgan fingerprint density at radius 2 is 1.81 bits per heavy atom. The molecule has 0 unspecified atom stereocenters. The molecule has 2 heterocycles. The standard InChI is InChI=1S/C19H24ClFN4O2/c1-14-13-25(19(27)22-18(14)26)7-3-2-6-23-8-10-24(11-9-23)17-5-4-15(20)12-16(17)21/h4-5,12-13H,2-3,6-11H2,1H3,(H,22,26,27). The number of rotatable bonds is 6. The molecule has 1 aromatic heterocycles. The normalized spacial score (nSPS) is 15.3. The number of H-pyrrole nitrogens is 1. The Bertz CT molecular complexity index is 903. The van der Waals surface area contributed by atoms with Crippen molar-refractivity contribution in [1.82, 2.24) is 14.5 Å². The maximum Gasteiger partial charge on any atom is 0.328 e. The van der Waals surface area contributed by atoms with Gasteiger partial charge >= 0.3 is 5.69 Å². The lowest BCUT2D eigenvalue weighted by atomic mass is 10.2. The smallest absolute Gasteiger partial charge is 0.328 e. The Labute approximate surface area is 162 Å². The Morgan fingerprint density at radius 3 is 2.52 bits per heavy atom. The fourth-order valence-corrected chi connectivity index (χ4v) is 3.51. The summed E-state index contributed by atoms with van der Waals surface area (Å²) in [6.45, 7) is 6.52. The van der Waals surface area contributed by atoms with E-state index >= 15 is 0 Å². The highest BCUT2D eigenvalue weighted by atomic mass is 35.5. The third-order valence-electron chi connectivity index (χ3n) is 4.94. The summed E-state index contributed by atoms with van der Waals surface area (Å²) in [4.78, 5) is 29.9. The van der Waals surface area contributed by atoms with Crippen molar-refractivity contribution in [3.05, 3.63) is 61.6 Å². The molecule has 27 heavy (non-hydrogen) atoms. The van der Waals surface area contributed by atoms with Crippen LogP contribution in [-0.4, -0.2) is 47.2 Å². The molecule has 0 saturated carbocycles. The lowest BCUT2D eigenvalue weighted by Crippen LogP contribution is -2.47. The summed E-state index contributed by atoms with van der Waals surface area (Å²) in [7, 11) is 0. The van der Waals surface area contributed by atoms with Crippen LogP contribution in [0, 0.1) is 12.7 Å². The zero-order chi connectivity index (χ0) is 19.4. The molecule has 0 amide bonds. The molecule has 1 aliphatic heterocycles. The molecule has 1 aromatic carbocycles. The molecule has 3 rings (SSSR count). The van der Waals surface area contributed by atoms with Gasteiger partial charge in [-0.25, -0.2) is 9.18 Å². The number of anilines is 1.